The van der Waals surface area contributed by atoms with Gasteiger partial charge in [0.1, 0.15) is 5.78 Å². The Morgan fingerprint density at radius 3 is 2.43 bits per heavy atom. The topological polar surface area (TPSA) is 17.1 Å². The van der Waals surface area contributed by atoms with Crippen LogP contribution in [0.2, 0.25) is 0 Å². The fourth-order valence-electron chi connectivity index (χ4n) is 9.70. The van der Waals surface area contributed by atoms with Gasteiger partial charge in [0.25, 0.3) is 0 Å². The highest BCUT2D eigenvalue weighted by molar-refractivity contribution is 5.83. The van der Waals surface area contributed by atoms with E-state index in [1.807, 2.05) is 0 Å². The summed E-state index contributed by atoms with van der Waals surface area (Å²) in [5.41, 5.74) is 0.840. The summed E-state index contributed by atoms with van der Waals surface area (Å²) < 4.78 is 0. The first-order valence-electron chi connectivity index (χ1n) is 13.8. The number of hydrogen-bond donors (Lipinski definition) is 0. The van der Waals surface area contributed by atoms with E-state index < -0.39 is 0 Å². The van der Waals surface area contributed by atoms with Gasteiger partial charge in [-0.05, 0) is 84.9 Å². The van der Waals surface area contributed by atoms with Crippen LogP contribution in [0, 0.1) is 52.3 Å². The van der Waals surface area contributed by atoms with Gasteiger partial charge >= 0.3 is 0 Å². The molecular weight excluding hydrogens is 364 g/mol. The predicted molar refractivity (Wildman–Crippen MR) is 127 cm³/mol. The summed E-state index contributed by atoms with van der Waals surface area (Å²) in [6.45, 7) is 12.5. The first kappa shape index (κ1) is 22.8. The van der Waals surface area contributed by atoms with Gasteiger partial charge in [0, 0.05) is 12.3 Å². The number of carbonyl (C=O) groups is 1. The van der Waals surface area contributed by atoms with Crippen LogP contribution in [0.15, 0.2) is 0 Å². The molecule has 0 radical (unpaired) electrons. The highest BCUT2D eigenvalue weighted by Gasteiger charge is 2.61. The van der Waals surface area contributed by atoms with Gasteiger partial charge in [0.15, 0.2) is 0 Å². The third-order valence-electron chi connectivity index (χ3n) is 11.3. The summed E-state index contributed by atoms with van der Waals surface area (Å²) in [6, 6.07) is 0. The molecule has 1 unspecified atom stereocenters. The number of rotatable bonds is 7. The molecule has 4 saturated carbocycles. The van der Waals surface area contributed by atoms with Crippen LogP contribution in [-0.2, 0) is 4.79 Å². The Morgan fingerprint density at radius 1 is 0.900 bits per heavy atom. The Kier molecular flexibility index (Phi) is 6.78. The van der Waals surface area contributed by atoms with Crippen LogP contribution in [0.4, 0.5) is 0 Å². The number of ketones is 1. The number of fused-ring (bicyclic) bond motifs is 5. The van der Waals surface area contributed by atoms with E-state index in [1.54, 1.807) is 0 Å². The minimum atomic E-state index is 0.332. The molecule has 0 N–H and O–H groups in total. The zero-order valence-corrected chi connectivity index (χ0v) is 20.8. The van der Waals surface area contributed by atoms with E-state index in [-0.39, 0.29) is 0 Å². The number of carbonyl (C=O) groups excluding carboxylic acids is 1. The van der Waals surface area contributed by atoms with Crippen LogP contribution in [0.25, 0.3) is 0 Å². The van der Waals surface area contributed by atoms with Gasteiger partial charge in [-0.2, -0.15) is 0 Å². The largest absolute Gasteiger partial charge is 0.299 e. The zero-order valence-electron chi connectivity index (χ0n) is 20.8. The quantitative estimate of drug-likeness (QED) is 0.408. The van der Waals surface area contributed by atoms with Crippen molar-refractivity contribution in [2.45, 2.75) is 125 Å². The molecule has 172 valence electrons. The van der Waals surface area contributed by atoms with Gasteiger partial charge in [0.2, 0.25) is 0 Å². The third-order valence-corrected chi connectivity index (χ3v) is 11.3. The molecule has 0 spiro atoms. The lowest BCUT2D eigenvalue weighted by atomic mass is 9.44. The maximum atomic E-state index is 13.3. The van der Waals surface area contributed by atoms with Crippen molar-refractivity contribution < 1.29 is 4.79 Å². The first-order chi connectivity index (χ1) is 14.3. The maximum absolute atomic E-state index is 13.3. The predicted octanol–water partition coefficient (Wildman–Crippen LogP) is 8.46. The molecule has 0 aromatic heterocycles. The van der Waals surface area contributed by atoms with Crippen molar-refractivity contribution in [2.75, 3.05) is 0 Å². The fraction of sp³-hybridized carbons (Fsp3) is 0.966. The van der Waals surface area contributed by atoms with Crippen molar-refractivity contribution in [2.24, 2.45) is 52.3 Å². The summed E-state index contributed by atoms with van der Waals surface area (Å²) in [5, 5.41) is 0. The molecule has 4 aliphatic rings. The summed E-state index contributed by atoms with van der Waals surface area (Å²) in [7, 11) is 0. The standard InChI is InChI=1S/C29H50O/c1-6-10-20(2)11-9-12-21(3)23-14-15-24-22-19-27(30)26-13-7-8-17-28(26,4)25(22)16-18-29(23,24)5/h20-26H,6-19H2,1-5H3/t20?,21-,22+,23-,24+,25+,26-,28-,29-/m1/s1. The van der Waals surface area contributed by atoms with E-state index in [4.69, 9.17) is 0 Å². The molecule has 0 amide bonds. The molecule has 4 aliphatic carbocycles. The van der Waals surface area contributed by atoms with Gasteiger partial charge in [-0.15, -0.1) is 0 Å². The van der Waals surface area contributed by atoms with Gasteiger partial charge in [-0.3, -0.25) is 4.79 Å². The fourth-order valence-corrected chi connectivity index (χ4v) is 9.70. The molecule has 0 aromatic carbocycles. The molecule has 1 heteroatoms. The molecule has 0 heterocycles. The van der Waals surface area contributed by atoms with E-state index in [2.05, 4.69) is 34.6 Å². The SMILES string of the molecule is CCCC(C)CCC[C@@H](C)[C@H]1CC[C@H]2[C@@H]3CC(=O)[C@H]4CCCC[C@]4(C)[C@H]3CC[C@]12C. The smallest absolute Gasteiger partial charge is 0.136 e. The van der Waals surface area contributed by atoms with Crippen LogP contribution in [0.5, 0.6) is 0 Å². The van der Waals surface area contributed by atoms with E-state index in [1.165, 1.54) is 83.5 Å². The third kappa shape index (κ3) is 3.83. The summed E-state index contributed by atoms with van der Waals surface area (Å²) in [6.07, 6.45) is 18.8. The van der Waals surface area contributed by atoms with Crippen LogP contribution >= 0.6 is 0 Å². The van der Waals surface area contributed by atoms with E-state index >= 15 is 0 Å². The average molecular weight is 415 g/mol. The van der Waals surface area contributed by atoms with Crippen LogP contribution in [-0.4, -0.2) is 5.78 Å². The second-order valence-electron chi connectivity index (χ2n) is 12.9. The van der Waals surface area contributed by atoms with Crippen LogP contribution in [0.3, 0.4) is 0 Å². The normalized spacial score (nSPS) is 45.4. The van der Waals surface area contributed by atoms with Gasteiger partial charge in [-0.1, -0.05) is 79.6 Å². The Labute approximate surface area is 187 Å². The second kappa shape index (κ2) is 8.90. The van der Waals surface area contributed by atoms with Crippen molar-refractivity contribution in [3.63, 3.8) is 0 Å². The average Bonchev–Trinajstić information content (AvgIpc) is 3.05. The van der Waals surface area contributed by atoms with Crippen molar-refractivity contribution in [1.29, 1.82) is 0 Å². The Morgan fingerprint density at radius 2 is 1.67 bits per heavy atom. The van der Waals surface area contributed by atoms with Gasteiger partial charge in [-0.25, -0.2) is 0 Å². The molecule has 4 fully saturated rings. The molecule has 30 heavy (non-hydrogen) atoms. The minimum Gasteiger partial charge on any atom is -0.299 e. The summed E-state index contributed by atoms with van der Waals surface area (Å²) in [4.78, 5) is 13.3. The summed E-state index contributed by atoms with van der Waals surface area (Å²) in [5.74, 6) is 6.09. The molecule has 0 aliphatic heterocycles. The van der Waals surface area contributed by atoms with Crippen molar-refractivity contribution in [3.05, 3.63) is 0 Å². The van der Waals surface area contributed by atoms with Crippen molar-refractivity contribution in [3.8, 4) is 0 Å². The zero-order chi connectivity index (χ0) is 21.5. The van der Waals surface area contributed by atoms with E-state index in [9.17, 15) is 4.79 Å². The van der Waals surface area contributed by atoms with Crippen LogP contribution in [0.1, 0.15) is 125 Å². The second-order valence-corrected chi connectivity index (χ2v) is 12.9. The lowest BCUT2D eigenvalue weighted by Crippen LogP contribution is -2.56. The first-order valence-corrected chi connectivity index (χ1v) is 13.8. The highest BCUT2D eigenvalue weighted by Crippen LogP contribution is 2.67. The van der Waals surface area contributed by atoms with Crippen LogP contribution < -0.4 is 0 Å². The van der Waals surface area contributed by atoms with Crippen molar-refractivity contribution in [1.82, 2.24) is 0 Å². The Balaban J connectivity index is 1.44. The van der Waals surface area contributed by atoms with E-state index in [0.29, 0.717) is 28.4 Å². The number of Topliss-reactive ketones (excluding diaryl/α,β-unsaturated/α-hetero) is 1. The maximum Gasteiger partial charge on any atom is 0.136 e. The number of hydrogen-bond acceptors (Lipinski definition) is 1. The molecular formula is C29H50O. The molecule has 9 atom stereocenters. The van der Waals surface area contributed by atoms with Crippen molar-refractivity contribution >= 4 is 5.78 Å². The minimum absolute atomic E-state index is 0.332. The molecule has 0 bridgehead atoms. The lowest BCUT2D eigenvalue weighted by molar-refractivity contribution is -0.154. The van der Waals surface area contributed by atoms with E-state index in [0.717, 1.165) is 36.0 Å². The Bertz CT molecular complexity index is 609. The summed E-state index contributed by atoms with van der Waals surface area (Å²) >= 11 is 0. The monoisotopic (exact) mass is 414 g/mol. The van der Waals surface area contributed by atoms with Gasteiger partial charge in [0.05, 0.1) is 0 Å². The molecule has 0 saturated heterocycles. The molecule has 4 rings (SSSR count). The lowest BCUT2D eigenvalue weighted by Gasteiger charge is -2.60. The molecule has 0 aromatic rings. The Hall–Kier alpha value is -0.330. The molecule has 1 nitrogen and oxygen atoms in total. The highest BCUT2D eigenvalue weighted by atomic mass is 16.1. The van der Waals surface area contributed by atoms with Gasteiger partial charge < -0.3 is 0 Å².